The number of halogens is 1. The number of hydrogen-bond acceptors (Lipinski definition) is 2. The van der Waals surface area contributed by atoms with E-state index < -0.39 is 0 Å². The topological polar surface area (TPSA) is 43.8 Å². The molecular weight excluding hydrogens is 210 g/mol. The first-order valence-corrected chi connectivity index (χ1v) is 5.19. The Kier molecular flexibility index (Phi) is 2.64. The summed E-state index contributed by atoms with van der Waals surface area (Å²) in [4.78, 5) is 0. The van der Waals surface area contributed by atoms with Crippen molar-refractivity contribution >= 4 is 17.4 Å². The second-order valence-electron chi connectivity index (χ2n) is 3.30. The lowest BCUT2D eigenvalue weighted by molar-refractivity contribution is 0.817. The molecule has 0 saturated heterocycles. The molecule has 15 heavy (non-hydrogen) atoms. The lowest BCUT2D eigenvalue weighted by atomic mass is 10.3. The summed E-state index contributed by atoms with van der Waals surface area (Å²) in [5, 5.41) is 4.95. The van der Waals surface area contributed by atoms with E-state index in [1.54, 1.807) is 0 Å². The highest BCUT2D eigenvalue weighted by Crippen LogP contribution is 2.16. The molecule has 0 bridgehead atoms. The number of rotatable bonds is 2. The molecule has 1 aromatic carbocycles. The van der Waals surface area contributed by atoms with E-state index in [0.29, 0.717) is 5.82 Å². The highest BCUT2D eigenvalue weighted by molar-refractivity contribution is 6.30. The maximum atomic E-state index is 5.82. The summed E-state index contributed by atoms with van der Waals surface area (Å²) in [6.45, 7) is 2.07. The van der Waals surface area contributed by atoms with Gasteiger partial charge in [0.1, 0.15) is 5.82 Å². The van der Waals surface area contributed by atoms with Gasteiger partial charge in [-0.2, -0.15) is 5.10 Å². The van der Waals surface area contributed by atoms with Crippen LogP contribution in [0.4, 0.5) is 5.82 Å². The van der Waals surface area contributed by atoms with Gasteiger partial charge in [-0.1, -0.05) is 18.5 Å². The fraction of sp³-hybridized carbons (Fsp3) is 0.182. The highest BCUT2D eigenvalue weighted by atomic mass is 35.5. The van der Waals surface area contributed by atoms with Crippen LogP contribution in [-0.4, -0.2) is 9.78 Å². The lowest BCUT2D eigenvalue weighted by Crippen LogP contribution is -2.01. The molecule has 78 valence electrons. The fourth-order valence-electron chi connectivity index (χ4n) is 1.50. The van der Waals surface area contributed by atoms with Gasteiger partial charge in [0.15, 0.2) is 0 Å². The second-order valence-corrected chi connectivity index (χ2v) is 3.74. The molecule has 3 nitrogen and oxygen atoms in total. The van der Waals surface area contributed by atoms with Crippen LogP contribution in [0.25, 0.3) is 5.69 Å². The molecule has 0 fully saturated rings. The standard InChI is InChI=1S/C11H12ClN3/c1-2-9-7-11(13)14-15(9)10-5-3-8(12)4-6-10/h3-7H,2H2,1H3,(H2,13,14). The number of benzene rings is 1. The molecule has 4 heteroatoms. The molecule has 1 heterocycles. The van der Waals surface area contributed by atoms with Crippen molar-refractivity contribution in [3.63, 3.8) is 0 Å². The number of nitrogens with zero attached hydrogens (tertiary/aromatic N) is 2. The van der Waals surface area contributed by atoms with Crippen LogP contribution >= 0.6 is 11.6 Å². The van der Waals surface area contributed by atoms with Gasteiger partial charge in [-0.25, -0.2) is 4.68 Å². The smallest absolute Gasteiger partial charge is 0.146 e. The van der Waals surface area contributed by atoms with Crippen molar-refractivity contribution < 1.29 is 0 Å². The highest BCUT2D eigenvalue weighted by Gasteiger charge is 2.05. The molecule has 0 radical (unpaired) electrons. The monoisotopic (exact) mass is 221 g/mol. The number of aromatic nitrogens is 2. The first-order chi connectivity index (χ1) is 7.20. The Bertz CT molecular complexity index is 459. The molecule has 0 aliphatic rings. The minimum atomic E-state index is 0.543. The van der Waals surface area contributed by atoms with Gasteiger partial charge in [0.05, 0.1) is 5.69 Å². The summed E-state index contributed by atoms with van der Waals surface area (Å²) < 4.78 is 1.84. The normalized spacial score (nSPS) is 10.5. The van der Waals surface area contributed by atoms with Crippen molar-refractivity contribution in [2.45, 2.75) is 13.3 Å². The lowest BCUT2D eigenvalue weighted by Gasteiger charge is -2.05. The summed E-state index contributed by atoms with van der Waals surface area (Å²) >= 11 is 5.82. The minimum absolute atomic E-state index is 0.543. The van der Waals surface area contributed by atoms with Gasteiger partial charge in [-0.3, -0.25) is 0 Å². The third-order valence-electron chi connectivity index (χ3n) is 2.24. The zero-order chi connectivity index (χ0) is 10.8. The number of hydrogen-bond donors (Lipinski definition) is 1. The van der Waals surface area contributed by atoms with E-state index in [0.717, 1.165) is 22.8 Å². The van der Waals surface area contributed by atoms with Gasteiger partial charge >= 0.3 is 0 Å². The summed E-state index contributed by atoms with van der Waals surface area (Å²) in [5.74, 6) is 0.543. The van der Waals surface area contributed by atoms with E-state index in [9.17, 15) is 0 Å². The van der Waals surface area contributed by atoms with Gasteiger partial charge in [0, 0.05) is 16.8 Å². The van der Waals surface area contributed by atoms with Crippen LogP contribution in [0.3, 0.4) is 0 Å². The Balaban J connectivity index is 2.48. The average Bonchev–Trinajstić information content (AvgIpc) is 2.61. The van der Waals surface area contributed by atoms with Gasteiger partial charge < -0.3 is 5.73 Å². The SMILES string of the molecule is CCc1cc(N)nn1-c1ccc(Cl)cc1. The Labute approximate surface area is 93.5 Å². The quantitative estimate of drug-likeness (QED) is 0.848. The molecule has 2 rings (SSSR count). The largest absolute Gasteiger partial charge is 0.382 e. The van der Waals surface area contributed by atoms with E-state index >= 15 is 0 Å². The van der Waals surface area contributed by atoms with E-state index in [2.05, 4.69) is 12.0 Å². The van der Waals surface area contributed by atoms with Crippen molar-refractivity contribution in [2.24, 2.45) is 0 Å². The van der Waals surface area contributed by atoms with Crippen LogP contribution in [0.1, 0.15) is 12.6 Å². The maximum Gasteiger partial charge on any atom is 0.146 e. The number of aryl methyl sites for hydroxylation is 1. The molecule has 1 aromatic heterocycles. The van der Waals surface area contributed by atoms with Gasteiger partial charge in [-0.15, -0.1) is 0 Å². The molecule has 0 amide bonds. The molecule has 0 saturated carbocycles. The van der Waals surface area contributed by atoms with Gasteiger partial charge in [0.25, 0.3) is 0 Å². The predicted molar refractivity (Wildman–Crippen MR) is 62.4 cm³/mol. The maximum absolute atomic E-state index is 5.82. The number of nitrogen functional groups attached to an aromatic ring is 1. The Morgan fingerprint density at radius 1 is 1.33 bits per heavy atom. The van der Waals surface area contributed by atoms with Crippen LogP contribution in [0.2, 0.25) is 5.02 Å². The molecule has 0 unspecified atom stereocenters. The summed E-state index contributed by atoms with van der Waals surface area (Å²) in [5.41, 5.74) is 7.74. The van der Waals surface area contributed by atoms with Crippen molar-refractivity contribution in [1.82, 2.24) is 9.78 Å². The summed E-state index contributed by atoms with van der Waals surface area (Å²) in [7, 11) is 0. The van der Waals surface area contributed by atoms with Crippen molar-refractivity contribution in [3.05, 3.63) is 41.0 Å². The predicted octanol–water partition coefficient (Wildman–Crippen LogP) is 2.67. The van der Waals surface area contributed by atoms with Crippen molar-refractivity contribution in [1.29, 1.82) is 0 Å². The summed E-state index contributed by atoms with van der Waals surface area (Å²) in [6, 6.07) is 9.42. The second kappa shape index (κ2) is 3.95. The van der Waals surface area contributed by atoms with E-state index in [4.69, 9.17) is 17.3 Å². The zero-order valence-corrected chi connectivity index (χ0v) is 9.20. The number of anilines is 1. The minimum Gasteiger partial charge on any atom is -0.382 e. The molecule has 0 spiro atoms. The van der Waals surface area contributed by atoms with Crippen LogP contribution in [0.5, 0.6) is 0 Å². The van der Waals surface area contributed by atoms with Crippen LogP contribution in [-0.2, 0) is 6.42 Å². The van der Waals surface area contributed by atoms with Crippen LogP contribution in [0, 0.1) is 0 Å². The average molecular weight is 222 g/mol. The van der Waals surface area contributed by atoms with Gasteiger partial charge in [0.2, 0.25) is 0 Å². The van der Waals surface area contributed by atoms with E-state index in [1.807, 2.05) is 35.0 Å². The zero-order valence-electron chi connectivity index (χ0n) is 8.44. The first kappa shape index (κ1) is 10.1. The molecule has 2 aromatic rings. The third kappa shape index (κ3) is 1.97. The molecule has 0 aliphatic heterocycles. The third-order valence-corrected chi connectivity index (χ3v) is 2.49. The molecular formula is C11H12ClN3. The Hall–Kier alpha value is -1.48. The van der Waals surface area contributed by atoms with Crippen LogP contribution in [0.15, 0.2) is 30.3 Å². The molecule has 0 aliphatic carbocycles. The summed E-state index contributed by atoms with van der Waals surface area (Å²) in [6.07, 6.45) is 0.896. The van der Waals surface area contributed by atoms with Crippen LogP contribution < -0.4 is 5.73 Å². The van der Waals surface area contributed by atoms with E-state index in [-0.39, 0.29) is 0 Å². The van der Waals surface area contributed by atoms with Crippen molar-refractivity contribution in [3.8, 4) is 5.69 Å². The Morgan fingerprint density at radius 3 is 2.60 bits per heavy atom. The number of nitrogens with two attached hydrogens (primary N) is 1. The van der Waals surface area contributed by atoms with Gasteiger partial charge in [-0.05, 0) is 30.7 Å². The van der Waals surface area contributed by atoms with E-state index in [1.165, 1.54) is 0 Å². The first-order valence-electron chi connectivity index (χ1n) is 4.81. The van der Waals surface area contributed by atoms with Crippen molar-refractivity contribution in [2.75, 3.05) is 5.73 Å². The molecule has 0 atom stereocenters. The fourth-order valence-corrected chi connectivity index (χ4v) is 1.62. The Morgan fingerprint density at radius 2 is 2.00 bits per heavy atom. The molecule has 2 N–H and O–H groups in total.